The molecule has 4 nitrogen and oxygen atoms in total. The van der Waals surface area contributed by atoms with Gasteiger partial charge in [0.1, 0.15) is 13.1 Å². The van der Waals surface area contributed by atoms with Crippen LogP contribution in [0.2, 0.25) is 0 Å². The Labute approximate surface area is 97.2 Å². The molecule has 1 rings (SSSR count). The molecule has 16 heavy (non-hydrogen) atoms. The topological polar surface area (TPSA) is 44.8 Å². The van der Waals surface area contributed by atoms with Gasteiger partial charge in [0.25, 0.3) is 0 Å². The van der Waals surface area contributed by atoms with Crippen molar-refractivity contribution in [3.8, 4) is 0 Å². The zero-order valence-corrected chi connectivity index (χ0v) is 10.2. The van der Waals surface area contributed by atoms with Crippen LogP contribution in [0, 0.1) is 5.92 Å². The average Bonchev–Trinajstić information content (AvgIpc) is 2.29. The van der Waals surface area contributed by atoms with E-state index in [0.29, 0.717) is 25.7 Å². The largest absolute Gasteiger partial charge is 0.374 e. The molecule has 1 fully saturated rings. The van der Waals surface area contributed by atoms with Crippen LogP contribution in [0.4, 0.5) is 0 Å². The SMILES string of the molecule is COCOCC[C@@H]1CC[C@H](C)[C@@H](CC=O)O1. The molecular weight excluding hydrogens is 208 g/mol. The fraction of sp³-hybridized carbons (Fsp3) is 0.917. The molecule has 1 aliphatic rings. The second-order valence-electron chi connectivity index (χ2n) is 4.36. The minimum atomic E-state index is 0.0960. The van der Waals surface area contributed by atoms with E-state index in [2.05, 4.69) is 6.92 Å². The molecule has 3 atom stereocenters. The van der Waals surface area contributed by atoms with Gasteiger partial charge < -0.3 is 19.0 Å². The molecule has 0 amide bonds. The molecule has 1 heterocycles. The van der Waals surface area contributed by atoms with Crippen molar-refractivity contribution in [2.45, 2.75) is 44.8 Å². The van der Waals surface area contributed by atoms with Crippen LogP contribution < -0.4 is 0 Å². The summed E-state index contributed by atoms with van der Waals surface area (Å²) < 4.78 is 15.9. The Bertz CT molecular complexity index is 195. The van der Waals surface area contributed by atoms with E-state index in [1.165, 1.54) is 0 Å². The summed E-state index contributed by atoms with van der Waals surface area (Å²) in [6.07, 6.45) is 4.87. The Morgan fingerprint density at radius 2 is 2.25 bits per heavy atom. The third-order valence-corrected chi connectivity index (χ3v) is 3.06. The summed E-state index contributed by atoms with van der Waals surface area (Å²) in [6.45, 7) is 3.13. The summed E-state index contributed by atoms with van der Waals surface area (Å²) >= 11 is 0. The minimum absolute atomic E-state index is 0.0960. The molecule has 0 N–H and O–H groups in total. The molecule has 0 aromatic heterocycles. The first kappa shape index (κ1) is 13.6. The van der Waals surface area contributed by atoms with Gasteiger partial charge in [0.05, 0.1) is 18.8 Å². The molecule has 1 aliphatic heterocycles. The van der Waals surface area contributed by atoms with Gasteiger partial charge >= 0.3 is 0 Å². The van der Waals surface area contributed by atoms with E-state index < -0.39 is 0 Å². The van der Waals surface area contributed by atoms with Gasteiger partial charge in [-0.05, 0) is 25.2 Å². The predicted octanol–water partition coefficient (Wildman–Crippen LogP) is 1.77. The van der Waals surface area contributed by atoms with E-state index in [0.717, 1.165) is 25.5 Å². The number of hydrogen-bond acceptors (Lipinski definition) is 4. The summed E-state index contributed by atoms with van der Waals surface area (Å²) in [5.41, 5.74) is 0. The van der Waals surface area contributed by atoms with Crippen LogP contribution in [-0.2, 0) is 19.0 Å². The fourth-order valence-corrected chi connectivity index (χ4v) is 2.04. The standard InChI is InChI=1S/C12H22O4/c1-10-3-4-11(6-8-15-9-14-2)16-12(10)5-7-13/h7,10-12H,3-6,8-9H2,1-2H3/t10-,11-,12+/m0/s1. The summed E-state index contributed by atoms with van der Waals surface area (Å²) in [6, 6.07) is 0. The molecule has 0 radical (unpaired) electrons. The first-order valence-electron chi connectivity index (χ1n) is 5.93. The minimum Gasteiger partial charge on any atom is -0.374 e. The Hall–Kier alpha value is -0.450. The van der Waals surface area contributed by atoms with Gasteiger partial charge in [-0.25, -0.2) is 0 Å². The Morgan fingerprint density at radius 3 is 2.94 bits per heavy atom. The quantitative estimate of drug-likeness (QED) is 0.380. The number of ether oxygens (including phenoxy) is 3. The van der Waals surface area contributed by atoms with Crippen LogP contribution in [-0.4, -0.2) is 39.0 Å². The first-order chi connectivity index (χ1) is 7.77. The summed E-state index contributed by atoms with van der Waals surface area (Å²) in [4.78, 5) is 10.5. The molecule has 94 valence electrons. The monoisotopic (exact) mass is 230 g/mol. The van der Waals surface area contributed by atoms with Gasteiger partial charge in [0.15, 0.2) is 0 Å². The lowest BCUT2D eigenvalue weighted by molar-refractivity contribution is -0.121. The van der Waals surface area contributed by atoms with E-state index in [4.69, 9.17) is 14.2 Å². The second-order valence-corrected chi connectivity index (χ2v) is 4.36. The molecule has 0 saturated carbocycles. The lowest BCUT2D eigenvalue weighted by Gasteiger charge is -2.34. The lowest BCUT2D eigenvalue weighted by atomic mass is 9.91. The van der Waals surface area contributed by atoms with Gasteiger partial charge in [-0.2, -0.15) is 0 Å². The number of rotatable bonds is 7. The zero-order valence-electron chi connectivity index (χ0n) is 10.2. The summed E-state index contributed by atoms with van der Waals surface area (Å²) in [7, 11) is 1.61. The normalized spacial score (nSPS) is 30.2. The van der Waals surface area contributed by atoms with E-state index in [1.807, 2.05) is 0 Å². The van der Waals surface area contributed by atoms with Crippen molar-refractivity contribution >= 4 is 6.29 Å². The number of hydrogen-bond donors (Lipinski definition) is 0. The Morgan fingerprint density at radius 1 is 1.44 bits per heavy atom. The van der Waals surface area contributed by atoms with E-state index >= 15 is 0 Å². The molecule has 0 aromatic rings. The van der Waals surface area contributed by atoms with Gasteiger partial charge in [-0.15, -0.1) is 0 Å². The summed E-state index contributed by atoms with van der Waals surface area (Å²) in [5, 5.41) is 0. The Kier molecular flexibility index (Phi) is 6.61. The maximum atomic E-state index is 10.5. The number of aldehydes is 1. The number of methoxy groups -OCH3 is 1. The van der Waals surface area contributed by atoms with Crippen LogP contribution in [0.3, 0.4) is 0 Å². The van der Waals surface area contributed by atoms with Crippen LogP contribution in [0.1, 0.15) is 32.6 Å². The smallest absolute Gasteiger partial charge is 0.146 e. The molecule has 0 aliphatic carbocycles. The van der Waals surface area contributed by atoms with Crippen LogP contribution >= 0.6 is 0 Å². The number of carbonyl (C=O) groups excluding carboxylic acids is 1. The highest BCUT2D eigenvalue weighted by molar-refractivity contribution is 5.50. The zero-order chi connectivity index (χ0) is 11.8. The molecule has 4 heteroatoms. The second kappa shape index (κ2) is 7.76. The van der Waals surface area contributed by atoms with E-state index in [9.17, 15) is 4.79 Å². The Balaban J connectivity index is 2.20. The van der Waals surface area contributed by atoms with Gasteiger partial charge in [-0.3, -0.25) is 0 Å². The van der Waals surface area contributed by atoms with Crippen molar-refractivity contribution in [3.05, 3.63) is 0 Å². The van der Waals surface area contributed by atoms with Crippen molar-refractivity contribution in [1.29, 1.82) is 0 Å². The van der Waals surface area contributed by atoms with Gasteiger partial charge in [0.2, 0.25) is 0 Å². The van der Waals surface area contributed by atoms with Crippen LogP contribution in [0.15, 0.2) is 0 Å². The highest BCUT2D eigenvalue weighted by Gasteiger charge is 2.27. The molecule has 0 bridgehead atoms. The molecule has 0 spiro atoms. The molecule has 0 unspecified atom stereocenters. The third kappa shape index (κ3) is 4.60. The third-order valence-electron chi connectivity index (χ3n) is 3.06. The molecule has 1 saturated heterocycles. The predicted molar refractivity (Wildman–Crippen MR) is 60.2 cm³/mol. The van der Waals surface area contributed by atoms with Gasteiger partial charge in [-0.1, -0.05) is 6.92 Å². The van der Waals surface area contributed by atoms with Crippen molar-refractivity contribution < 1.29 is 19.0 Å². The van der Waals surface area contributed by atoms with E-state index in [1.54, 1.807) is 7.11 Å². The van der Waals surface area contributed by atoms with Crippen LogP contribution in [0.5, 0.6) is 0 Å². The van der Waals surface area contributed by atoms with Crippen molar-refractivity contribution in [3.63, 3.8) is 0 Å². The van der Waals surface area contributed by atoms with Crippen molar-refractivity contribution in [1.82, 2.24) is 0 Å². The van der Waals surface area contributed by atoms with Crippen molar-refractivity contribution in [2.75, 3.05) is 20.5 Å². The maximum Gasteiger partial charge on any atom is 0.146 e. The molecular formula is C12H22O4. The highest BCUT2D eigenvalue weighted by atomic mass is 16.7. The maximum absolute atomic E-state index is 10.5. The lowest BCUT2D eigenvalue weighted by Crippen LogP contribution is -2.34. The first-order valence-corrected chi connectivity index (χ1v) is 5.93. The highest BCUT2D eigenvalue weighted by Crippen LogP contribution is 2.27. The molecule has 0 aromatic carbocycles. The van der Waals surface area contributed by atoms with Crippen LogP contribution in [0.25, 0.3) is 0 Å². The number of carbonyl (C=O) groups is 1. The summed E-state index contributed by atoms with van der Waals surface area (Å²) in [5.74, 6) is 0.487. The van der Waals surface area contributed by atoms with Gasteiger partial charge in [0, 0.05) is 13.5 Å². The average molecular weight is 230 g/mol. The fourth-order valence-electron chi connectivity index (χ4n) is 2.04. The van der Waals surface area contributed by atoms with Crippen molar-refractivity contribution in [2.24, 2.45) is 5.92 Å². The van der Waals surface area contributed by atoms with E-state index in [-0.39, 0.29) is 12.2 Å².